The van der Waals surface area contributed by atoms with Gasteiger partial charge in [0.2, 0.25) is 5.24 Å². The fraction of sp³-hybridized carbons (Fsp3) is 0.364. The normalized spacial score (nSPS) is 15.8. The highest BCUT2D eigenvalue weighted by Gasteiger charge is 2.22. The Labute approximate surface area is 82.7 Å². The van der Waals surface area contributed by atoms with Gasteiger partial charge in [-0.2, -0.15) is 0 Å². The molecule has 1 fully saturated rings. The fourth-order valence-corrected chi connectivity index (χ4v) is 1.64. The molecule has 2 heteroatoms. The minimum Gasteiger partial charge on any atom is -0.281 e. The standard InChI is InChI=1S/C11H11ClO/c12-11(13)7-8-1-3-9(4-2-8)10-5-6-10/h1-4,10H,5-7H2. The van der Waals surface area contributed by atoms with Crippen molar-refractivity contribution in [2.45, 2.75) is 25.2 Å². The minimum atomic E-state index is -0.292. The number of carbonyl (C=O) groups excluding carboxylic acids is 1. The van der Waals surface area contributed by atoms with Crippen LogP contribution in [0.15, 0.2) is 24.3 Å². The van der Waals surface area contributed by atoms with E-state index in [0.717, 1.165) is 11.5 Å². The molecule has 0 N–H and O–H groups in total. The molecule has 13 heavy (non-hydrogen) atoms. The lowest BCUT2D eigenvalue weighted by molar-refractivity contribution is -0.111. The van der Waals surface area contributed by atoms with E-state index < -0.39 is 0 Å². The van der Waals surface area contributed by atoms with E-state index in [1.54, 1.807) is 0 Å². The number of hydrogen-bond acceptors (Lipinski definition) is 1. The van der Waals surface area contributed by atoms with Crippen molar-refractivity contribution >= 4 is 16.8 Å². The van der Waals surface area contributed by atoms with Gasteiger partial charge in [0.15, 0.2) is 0 Å². The highest BCUT2D eigenvalue weighted by atomic mass is 35.5. The van der Waals surface area contributed by atoms with Crippen LogP contribution in [0.5, 0.6) is 0 Å². The summed E-state index contributed by atoms with van der Waals surface area (Å²) in [5, 5.41) is -0.292. The lowest BCUT2D eigenvalue weighted by atomic mass is 10.1. The molecule has 0 amide bonds. The molecule has 0 saturated heterocycles. The summed E-state index contributed by atoms with van der Waals surface area (Å²) >= 11 is 5.29. The molecule has 0 aromatic heterocycles. The van der Waals surface area contributed by atoms with Gasteiger partial charge >= 0.3 is 0 Å². The fourth-order valence-electron chi connectivity index (χ4n) is 1.48. The van der Waals surface area contributed by atoms with E-state index in [1.165, 1.54) is 18.4 Å². The molecule has 68 valence electrons. The first-order valence-electron chi connectivity index (χ1n) is 4.53. The largest absolute Gasteiger partial charge is 0.281 e. The van der Waals surface area contributed by atoms with E-state index in [4.69, 9.17) is 11.6 Å². The molecule has 1 saturated carbocycles. The van der Waals surface area contributed by atoms with E-state index in [2.05, 4.69) is 12.1 Å². The van der Waals surface area contributed by atoms with Crippen molar-refractivity contribution < 1.29 is 4.79 Å². The maximum Gasteiger partial charge on any atom is 0.226 e. The second-order valence-electron chi connectivity index (χ2n) is 3.55. The highest BCUT2D eigenvalue weighted by molar-refractivity contribution is 6.63. The van der Waals surface area contributed by atoms with Crippen LogP contribution in [0.1, 0.15) is 29.9 Å². The van der Waals surface area contributed by atoms with Gasteiger partial charge in [0, 0.05) is 6.42 Å². The predicted octanol–water partition coefficient (Wildman–Crippen LogP) is 2.87. The summed E-state index contributed by atoms with van der Waals surface area (Å²) in [6, 6.07) is 8.20. The summed E-state index contributed by atoms with van der Waals surface area (Å²) in [7, 11) is 0. The molecule has 0 aliphatic heterocycles. The van der Waals surface area contributed by atoms with Crippen LogP contribution in [0, 0.1) is 0 Å². The monoisotopic (exact) mass is 194 g/mol. The third-order valence-electron chi connectivity index (χ3n) is 2.37. The lowest BCUT2D eigenvalue weighted by Gasteiger charge is -1.99. The molecule has 1 aromatic rings. The van der Waals surface area contributed by atoms with Crippen molar-refractivity contribution in [1.82, 2.24) is 0 Å². The topological polar surface area (TPSA) is 17.1 Å². The number of hydrogen-bond donors (Lipinski definition) is 0. The minimum absolute atomic E-state index is 0.292. The molecular formula is C11H11ClO. The summed E-state index contributed by atoms with van der Waals surface area (Å²) in [5.41, 5.74) is 2.40. The maximum absolute atomic E-state index is 10.6. The highest BCUT2D eigenvalue weighted by Crippen LogP contribution is 2.39. The molecule has 1 aromatic carbocycles. The van der Waals surface area contributed by atoms with Gasteiger partial charge in [0.25, 0.3) is 0 Å². The summed E-state index contributed by atoms with van der Waals surface area (Å²) < 4.78 is 0. The molecule has 0 unspecified atom stereocenters. The zero-order valence-electron chi connectivity index (χ0n) is 7.29. The van der Waals surface area contributed by atoms with Crippen LogP contribution >= 0.6 is 11.6 Å². The summed E-state index contributed by atoms with van der Waals surface area (Å²) in [6.07, 6.45) is 2.97. The zero-order chi connectivity index (χ0) is 9.26. The van der Waals surface area contributed by atoms with Crippen molar-refractivity contribution in [1.29, 1.82) is 0 Å². The van der Waals surface area contributed by atoms with Crippen molar-refractivity contribution in [2.75, 3.05) is 0 Å². The van der Waals surface area contributed by atoms with Gasteiger partial charge in [-0.3, -0.25) is 4.79 Å². The van der Waals surface area contributed by atoms with E-state index in [0.29, 0.717) is 6.42 Å². The van der Waals surface area contributed by atoms with Gasteiger partial charge < -0.3 is 0 Å². The maximum atomic E-state index is 10.6. The Morgan fingerprint density at radius 2 is 1.92 bits per heavy atom. The molecule has 1 aliphatic rings. The number of halogens is 1. The third kappa shape index (κ3) is 2.31. The van der Waals surface area contributed by atoms with Gasteiger partial charge in [-0.25, -0.2) is 0 Å². The van der Waals surface area contributed by atoms with E-state index in [-0.39, 0.29) is 5.24 Å². The SMILES string of the molecule is O=C(Cl)Cc1ccc(C2CC2)cc1. The molecule has 2 rings (SSSR count). The van der Waals surface area contributed by atoms with Crippen molar-refractivity contribution in [3.05, 3.63) is 35.4 Å². The second kappa shape index (κ2) is 3.51. The zero-order valence-corrected chi connectivity index (χ0v) is 8.05. The smallest absolute Gasteiger partial charge is 0.226 e. The average Bonchev–Trinajstić information content (AvgIpc) is 2.87. The molecule has 1 nitrogen and oxygen atoms in total. The first-order valence-corrected chi connectivity index (χ1v) is 4.90. The Balaban J connectivity index is 2.08. The van der Waals surface area contributed by atoms with E-state index >= 15 is 0 Å². The molecule has 0 atom stereocenters. The second-order valence-corrected chi connectivity index (χ2v) is 3.97. The van der Waals surface area contributed by atoms with Gasteiger partial charge in [-0.1, -0.05) is 24.3 Å². The van der Waals surface area contributed by atoms with Crippen LogP contribution in [0.4, 0.5) is 0 Å². The predicted molar refractivity (Wildman–Crippen MR) is 53.0 cm³/mol. The Morgan fingerprint density at radius 3 is 2.38 bits per heavy atom. The summed E-state index contributed by atoms with van der Waals surface area (Å²) in [4.78, 5) is 10.6. The molecule has 0 radical (unpaired) electrons. The van der Waals surface area contributed by atoms with Gasteiger partial charge in [0.05, 0.1) is 0 Å². The Hall–Kier alpha value is -0.820. The van der Waals surface area contributed by atoms with Crippen LogP contribution in [0.2, 0.25) is 0 Å². The number of carbonyl (C=O) groups is 1. The van der Waals surface area contributed by atoms with Gasteiger partial charge in [-0.15, -0.1) is 0 Å². The number of rotatable bonds is 3. The average molecular weight is 195 g/mol. The Morgan fingerprint density at radius 1 is 1.31 bits per heavy atom. The van der Waals surface area contributed by atoms with Crippen molar-refractivity contribution in [3.63, 3.8) is 0 Å². The van der Waals surface area contributed by atoms with Crippen molar-refractivity contribution in [2.24, 2.45) is 0 Å². The van der Waals surface area contributed by atoms with E-state index in [9.17, 15) is 4.79 Å². The number of benzene rings is 1. The molecule has 0 bridgehead atoms. The van der Waals surface area contributed by atoms with Crippen LogP contribution in [0.3, 0.4) is 0 Å². The van der Waals surface area contributed by atoms with Gasteiger partial charge in [0.1, 0.15) is 0 Å². The first-order chi connectivity index (χ1) is 6.25. The van der Waals surface area contributed by atoms with E-state index in [1.807, 2.05) is 12.1 Å². The van der Waals surface area contributed by atoms with Crippen LogP contribution < -0.4 is 0 Å². The molecule has 1 aliphatic carbocycles. The molecular weight excluding hydrogens is 184 g/mol. The van der Waals surface area contributed by atoms with Crippen LogP contribution in [-0.4, -0.2) is 5.24 Å². The third-order valence-corrected chi connectivity index (χ3v) is 2.51. The Bertz CT molecular complexity index is 311. The molecule has 0 heterocycles. The van der Waals surface area contributed by atoms with Gasteiger partial charge in [-0.05, 0) is 41.5 Å². The van der Waals surface area contributed by atoms with Crippen LogP contribution in [0.25, 0.3) is 0 Å². The first kappa shape index (κ1) is 8.76. The summed E-state index contributed by atoms with van der Waals surface area (Å²) in [6.45, 7) is 0. The van der Waals surface area contributed by atoms with Crippen molar-refractivity contribution in [3.8, 4) is 0 Å². The van der Waals surface area contributed by atoms with Crippen LogP contribution in [-0.2, 0) is 11.2 Å². The molecule has 0 spiro atoms. The Kier molecular flexibility index (Phi) is 2.36. The summed E-state index contributed by atoms with van der Waals surface area (Å²) in [5.74, 6) is 0.778. The lowest BCUT2D eigenvalue weighted by Crippen LogP contribution is -1.93. The quantitative estimate of drug-likeness (QED) is 0.677.